The van der Waals surface area contributed by atoms with Gasteiger partial charge in [0.15, 0.2) is 0 Å². The van der Waals surface area contributed by atoms with Crippen LogP contribution in [0.3, 0.4) is 0 Å². The van der Waals surface area contributed by atoms with Crippen LogP contribution in [-0.2, 0) is 9.31 Å². The molecular weight excluding hydrogens is 323 g/mol. The maximum atomic E-state index is 11.0. The van der Waals surface area contributed by atoms with Crippen LogP contribution in [-0.4, -0.2) is 23.4 Å². The van der Waals surface area contributed by atoms with E-state index in [1.165, 1.54) is 43.2 Å². The zero-order valence-electron chi connectivity index (χ0n) is 17.4. The van der Waals surface area contributed by atoms with Gasteiger partial charge in [-0.1, -0.05) is 39.2 Å². The molecule has 0 spiro atoms. The van der Waals surface area contributed by atoms with Gasteiger partial charge in [0.25, 0.3) is 0 Å². The highest BCUT2D eigenvalue weighted by atomic mass is 16.7. The Hall–Kier alpha value is -0.995. The molecule has 144 valence electrons. The maximum absolute atomic E-state index is 11.0. The van der Waals surface area contributed by atoms with Crippen molar-refractivity contribution >= 4 is 12.6 Å². The van der Waals surface area contributed by atoms with Gasteiger partial charge in [0, 0.05) is 5.46 Å². The molecule has 3 rings (SSSR count). The third-order valence-corrected chi connectivity index (χ3v) is 6.92. The highest BCUT2D eigenvalue weighted by Gasteiger charge is 2.53. The minimum absolute atomic E-state index is 0.335. The van der Waals surface area contributed by atoms with E-state index < -0.39 is 18.3 Å². The molecule has 1 saturated carbocycles. The first-order valence-corrected chi connectivity index (χ1v) is 10.4. The second kappa shape index (κ2) is 7.20. The Morgan fingerprint density at radius 3 is 2.19 bits per heavy atom. The molecule has 1 heterocycles. The van der Waals surface area contributed by atoms with Crippen molar-refractivity contribution in [1.29, 1.82) is 0 Å². The molecule has 0 bridgehead atoms. The van der Waals surface area contributed by atoms with Crippen LogP contribution in [0.2, 0.25) is 0 Å². The summed E-state index contributed by atoms with van der Waals surface area (Å²) in [7, 11) is -0.510. The van der Waals surface area contributed by atoms with Gasteiger partial charge in [-0.3, -0.25) is 0 Å². The lowest BCUT2D eigenvalue weighted by atomic mass is 9.70. The Morgan fingerprint density at radius 1 is 1.08 bits per heavy atom. The van der Waals surface area contributed by atoms with E-state index in [4.69, 9.17) is 9.31 Å². The van der Waals surface area contributed by atoms with E-state index in [1.54, 1.807) is 0 Å². The van der Waals surface area contributed by atoms with Crippen molar-refractivity contribution in [1.82, 2.24) is 0 Å². The van der Waals surface area contributed by atoms with E-state index in [9.17, 15) is 5.11 Å². The van der Waals surface area contributed by atoms with E-state index in [0.29, 0.717) is 17.6 Å². The fourth-order valence-electron chi connectivity index (χ4n) is 4.20. The molecule has 1 atom stereocenters. The number of phenolic OH excluding ortho intramolecular Hbond substituents is 1. The molecular formula is C22H35BO3. The summed E-state index contributed by atoms with van der Waals surface area (Å²) in [6.07, 6.45) is 7.42. The van der Waals surface area contributed by atoms with Crippen LogP contribution in [0.5, 0.6) is 5.75 Å². The first kappa shape index (κ1) is 19.8. The molecule has 2 aliphatic rings. The van der Waals surface area contributed by atoms with Crippen molar-refractivity contribution in [2.24, 2.45) is 0 Å². The number of hydrogen-bond acceptors (Lipinski definition) is 3. The van der Waals surface area contributed by atoms with E-state index in [1.807, 2.05) is 6.07 Å². The molecule has 26 heavy (non-hydrogen) atoms. The molecule has 4 heteroatoms. The van der Waals surface area contributed by atoms with Crippen LogP contribution in [0, 0.1) is 0 Å². The lowest BCUT2D eigenvalue weighted by Crippen LogP contribution is -2.41. The Labute approximate surface area is 159 Å². The van der Waals surface area contributed by atoms with Crippen molar-refractivity contribution in [3.8, 4) is 5.75 Å². The third-order valence-electron chi connectivity index (χ3n) is 6.92. The van der Waals surface area contributed by atoms with Crippen LogP contribution in [0.25, 0.3) is 0 Å². The lowest BCUT2D eigenvalue weighted by molar-refractivity contribution is 0.00578. The van der Waals surface area contributed by atoms with E-state index in [2.05, 4.69) is 47.6 Å². The second-order valence-corrected chi connectivity index (χ2v) is 9.28. The fraction of sp³-hybridized carbons (Fsp3) is 0.727. The molecule has 1 aliphatic heterocycles. The predicted molar refractivity (Wildman–Crippen MR) is 108 cm³/mol. The average molecular weight is 358 g/mol. The summed E-state index contributed by atoms with van der Waals surface area (Å²) >= 11 is 0. The molecule has 3 nitrogen and oxygen atoms in total. The number of benzene rings is 1. The van der Waals surface area contributed by atoms with Crippen molar-refractivity contribution in [3.05, 3.63) is 23.3 Å². The highest BCUT2D eigenvalue weighted by molar-refractivity contribution is 6.63. The zero-order valence-corrected chi connectivity index (χ0v) is 17.4. The third kappa shape index (κ3) is 3.55. The standard InChI is InChI=1S/C22H35BO3/c1-7-15(2)18-13-17(16-11-9-8-10-12-16)14-19(24)20(18)23-25-21(3,4)22(5,6)26-23/h13-16,24H,7-12H2,1-6H3/t15-/m0/s1. The van der Waals surface area contributed by atoms with Gasteiger partial charge in [-0.25, -0.2) is 0 Å². The lowest BCUT2D eigenvalue weighted by Gasteiger charge is -2.32. The zero-order chi connectivity index (χ0) is 19.1. The molecule has 0 aromatic heterocycles. The number of rotatable bonds is 4. The van der Waals surface area contributed by atoms with Crippen molar-refractivity contribution in [2.45, 2.75) is 103 Å². The van der Waals surface area contributed by atoms with Crippen molar-refractivity contribution in [2.75, 3.05) is 0 Å². The molecule has 1 N–H and O–H groups in total. The Morgan fingerprint density at radius 2 is 1.65 bits per heavy atom. The Balaban J connectivity index is 2.02. The summed E-state index contributed by atoms with van der Waals surface area (Å²) in [5.41, 5.74) is 2.50. The Kier molecular flexibility index (Phi) is 5.47. The van der Waals surface area contributed by atoms with Crippen LogP contribution in [0.4, 0.5) is 0 Å². The summed E-state index contributed by atoms with van der Waals surface area (Å²) in [6, 6.07) is 4.30. The second-order valence-electron chi connectivity index (χ2n) is 9.28. The normalized spacial score (nSPS) is 24.0. The van der Waals surface area contributed by atoms with Gasteiger partial charge in [-0.15, -0.1) is 0 Å². The summed E-state index contributed by atoms with van der Waals surface area (Å²) < 4.78 is 12.5. The number of hydrogen-bond donors (Lipinski definition) is 1. The minimum Gasteiger partial charge on any atom is -0.508 e. The van der Waals surface area contributed by atoms with E-state index >= 15 is 0 Å². The Bertz CT molecular complexity index is 631. The molecule has 1 aromatic rings. The van der Waals surface area contributed by atoms with Gasteiger partial charge in [-0.2, -0.15) is 0 Å². The van der Waals surface area contributed by atoms with Gasteiger partial charge in [0.05, 0.1) is 11.2 Å². The van der Waals surface area contributed by atoms with Gasteiger partial charge < -0.3 is 14.4 Å². The summed E-state index contributed by atoms with van der Waals surface area (Å²) in [4.78, 5) is 0. The van der Waals surface area contributed by atoms with Crippen LogP contribution >= 0.6 is 0 Å². The van der Waals surface area contributed by atoms with Crippen molar-refractivity contribution in [3.63, 3.8) is 0 Å². The smallest absolute Gasteiger partial charge is 0.498 e. The monoisotopic (exact) mass is 358 g/mol. The van der Waals surface area contributed by atoms with E-state index in [0.717, 1.165) is 11.9 Å². The molecule has 1 saturated heterocycles. The number of aromatic hydroxyl groups is 1. The largest absolute Gasteiger partial charge is 0.508 e. The minimum atomic E-state index is -0.510. The fourth-order valence-corrected chi connectivity index (χ4v) is 4.20. The summed E-state index contributed by atoms with van der Waals surface area (Å²) in [5, 5.41) is 11.0. The van der Waals surface area contributed by atoms with Crippen LogP contribution in [0.15, 0.2) is 12.1 Å². The molecule has 1 aliphatic carbocycles. The maximum Gasteiger partial charge on any atom is 0.498 e. The first-order valence-electron chi connectivity index (χ1n) is 10.4. The van der Waals surface area contributed by atoms with E-state index in [-0.39, 0.29) is 0 Å². The van der Waals surface area contributed by atoms with Crippen molar-refractivity contribution < 1.29 is 14.4 Å². The van der Waals surface area contributed by atoms with Crippen LogP contribution < -0.4 is 5.46 Å². The molecule has 0 radical (unpaired) electrons. The molecule has 0 amide bonds. The quantitative estimate of drug-likeness (QED) is 0.747. The molecule has 1 aromatic carbocycles. The molecule has 0 unspecified atom stereocenters. The number of phenols is 1. The summed E-state index contributed by atoms with van der Waals surface area (Å²) in [5.74, 6) is 1.27. The van der Waals surface area contributed by atoms with Crippen LogP contribution in [0.1, 0.15) is 103 Å². The topological polar surface area (TPSA) is 38.7 Å². The average Bonchev–Trinajstić information content (AvgIpc) is 2.81. The predicted octanol–water partition coefficient (Wildman–Crippen LogP) is 5.25. The molecule has 2 fully saturated rings. The van der Waals surface area contributed by atoms with Gasteiger partial charge >= 0.3 is 7.12 Å². The van der Waals surface area contributed by atoms with Gasteiger partial charge in [0.2, 0.25) is 0 Å². The highest BCUT2D eigenvalue weighted by Crippen LogP contribution is 2.40. The summed E-state index contributed by atoms with van der Waals surface area (Å²) in [6.45, 7) is 12.7. The van der Waals surface area contributed by atoms with Gasteiger partial charge in [-0.05, 0) is 76.0 Å². The van der Waals surface area contributed by atoms with Gasteiger partial charge in [0.1, 0.15) is 5.75 Å². The first-order chi connectivity index (χ1) is 12.2. The SMILES string of the molecule is CC[C@H](C)c1cc(C2CCCCC2)cc(O)c1B1OC(C)(C)C(C)(C)O1.